The van der Waals surface area contributed by atoms with Gasteiger partial charge in [-0.15, -0.1) is 0 Å². The summed E-state index contributed by atoms with van der Waals surface area (Å²) in [6.45, 7) is 3.87. The van der Waals surface area contributed by atoms with Crippen LogP contribution in [0.2, 0.25) is 5.02 Å². The third-order valence-electron chi connectivity index (χ3n) is 5.24. The van der Waals surface area contributed by atoms with Gasteiger partial charge in [0.05, 0.1) is 16.3 Å². The van der Waals surface area contributed by atoms with Crippen molar-refractivity contribution in [3.8, 4) is 11.3 Å². The summed E-state index contributed by atoms with van der Waals surface area (Å²) in [7, 11) is 0. The lowest BCUT2D eigenvalue weighted by atomic mass is 10.1. The normalized spacial score (nSPS) is 15.2. The van der Waals surface area contributed by atoms with Crippen molar-refractivity contribution in [3.63, 3.8) is 0 Å². The summed E-state index contributed by atoms with van der Waals surface area (Å²) in [4.78, 5) is 38.2. The van der Waals surface area contributed by atoms with Crippen molar-refractivity contribution in [3.05, 3.63) is 81.6 Å². The Kier molecular flexibility index (Phi) is 5.88. The molecular formula is C24H17ClN2O5S. The Hall–Kier alpha value is -3.75. The average molecular weight is 481 g/mol. The van der Waals surface area contributed by atoms with Crippen LogP contribution in [0.15, 0.2) is 58.5 Å². The lowest BCUT2D eigenvalue weighted by Gasteiger charge is -2.29. The third kappa shape index (κ3) is 4.30. The zero-order chi connectivity index (χ0) is 23.9. The first-order valence-corrected chi connectivity index (χ1v) is 10.6. The van der Waals surface area contributed by atoms with E-state index in [0.29, 0.717) is 22.0 Å². The second-order valence-corrected chi connectivity index (χ2v) is 8.22. The molecule has 0 aliphatic carbocycles. The number of rotatable bonds is 4. The SMILES string of the molecule is Cc1ccc(N2C(=O)/C(=C/c3ccc(-c4cc(C(=O)O)ccc4Cl)o3)C(=O)NC2=S)cc1C. The number of carboxylic acid groups (broad SMARTS) is 1. The molecule has 1 saturated heterocycles. The van der Waals surface area contributed by atoms with Crippen molar-refractivity contribution in [1.82, 2.24) is 5.32 Å². The summed E-state index contributed by atoms with van der Waals surface area (Å²) < 4.78 is 5.75. The van der Waals surface area contributed by atoms with Crippen molar-refractivity contribution in [1.29, 1.82) is 0 Å². The number of furan rings is 1. The van der Waals surface area contributed by atoms with E-state index in [2.05, 4.69) is 5.32 Å². The van der Waals surface area contributed by atoms with E-state index < -0.39 is 17.8 Å². The first kappa shape index (κ1) is 22.4. The van der Waals surface area contributed by atoms with E-state index in [0.717, 1.165) is 11.1 Å². The van der Waals surface area contributed by atoms with E-state index in [1.54, 1.807) is 18.2 Å². The van der Waals surface area contributed by atoms with Gasteiger partial charge in [-0.25, -0.2) is 4.79 Å². The average Bonchev–Trinajstić information content (AvgIpc) is 3.22. The molecule has 166 valence electrons. The van der Waals surface area contributed by atoms with Crippen LogP contribution in [0.25, 0.3) is 17.4 Å². The number of carbonyl (C=O) groups is 3. The maximum atomic E-state index is 13.2. The summed E-state index contributed by atoms with van der Waals surface area (Å²) in [6.07, 6.45) is 1.31. The fourth-order valence-electron chi connectivity index (χ4n) is 3.32. The summed E-state index contributed by atoms with van der Waals surface area (Å²) in [5.74, 6) is -1.83. The first-order valence-electron chi connectivity index (χ1n) is 9.77. The molecule has 2 amide bonds. The van der Waals surface area contributed by atoms with E-state index in [1.165, 1.54) is 29.2 Å². The fourth-order valence-corrected chi connectivity index (χ4v) is 3.81. The van der Waals surface area contributed by atoms with Gasteiger partial charge < -0.3 is 9.52 Å². The molecule has 0 unspecified atom stereocenters. The molecule has 2 heterocycles. The van der Waals surface area contributed by atoms with E-state index in [1.807, 2.05) is 26.0 Å². The summed E-state index contributed by atoms with van der Waals surface area (Å²) in [5, 5.41) is 12.0. The number of carboxylic acids is 1. The molecule has 33 heavy (non-hydrogen) atoms. The van der Waals surface area contributed by atoms with Gasteiger partial charge in [-0.3, -0.25) is 19.8 Å². The number of nitrogens with zero attached hydrogens (tertiary/aromatic N) is 1. The second-order valence-electron chi connectivity index (χ2n) is 7.43. The lowest BCUT2D eigenvalue weighted by molar-refractivity contribution is -0.122. The smallest absolute Gasteiger partial charge is 0.335 e. The highest BCUT2D eigenvalue weighted by atomic mass is 35.5. The predicted molar refractivity (Wildman–Crippen MR) is 128 cm³/mol. The van der Waals surface area contributed by atoms with Gasteiger partial charge in [-0.05, 0) is 85.7 Å². The molecule has 1 aromatic heterocycles. The molecule has 0 saturated carbocycles. The Morgan fingerprint density at radius 2 is 1.85 bits per heavy atom. The molecule has 2 aromatic carbocycles. The van der Waals surface area contributed by atoms with Crippen LogP contribution in [-0.4, -0.2) is 28.0 Å². The van der Waals surface area contributed by atoms with Crippen LogP contribution >= 0.6 is 23.8 Å². The zero-order valence-corrected chi connectivity index (χ0v) is 19.1. The number of aryl methyl sites for hydroxylation is 2. The van der Waals surface area contributed by atoms with Crippen LogP contribution in [0.4, 0.5) is 5.69 Å². The molecule has 0 radical (unpaired) electrons. The summed E-state index contributed by atoms with van der Waals surface area (Å²) in [6, 6.07) is 12.8. The van der Waals surface area contributed by atoms with Crippen LogP contribution < -0.4 is 10.2 Å². The first-order chi connectivity index (χ1) is 15.7. The molecule has 3 aromatic rings. The number of nitrogens with one attached hydrogen (secondary N) is 1. The van der Waals surface area contributed by atoms with E-state index >= 15 is 0 Å². The van der Waals surface area contributed by atoms with Gasteiger partial charge in [0.15, 0.2) is 5.11 Å². The van der Waals surface area contributed by atoms with Crippen molar-refractivity contribution in [2.45, 2.75) is 13.8 Å². The molecule has 0 bridgehead atoms. The molecule has 9 heteroatoms. The predicted octanol–water partition coefficient (Wildman–Crippen LogP) is 4.75. The molecule has 0 spiro atoms. The molecular weight excluding hydrogens is 464 g/mol. The maximum absolute atomic E-state index is 13.2. The molecule has 1 aliphatic rings. The van der Waals surface area contributed by atoms with Crippen LogP contribution in [0.1, 0.15) is 27.2 Å². The van der Waals surface area contributed by atoms with Gasteiger partial charge in [-0.1, -0.05) is 17.7 Å². The van der Waals surface area contributed by atoms with Gasteiger partial charge in [0.2, 0.25) is 0 Å². The van der Waals surface area contributed by atoms with Gasteiger partial charge >= 0.3 is 5.97 Å². The summed E-state index contributed by atoms with van der Waals surface area (Å²) in [5.41, 5.74) is 2.83. The van der Waals surface area contributed by atoms with Crippen molar-refractivity contribution in [2.24, 2.45) is 0 Å². The minimum atomic E-state index is -1.10. The zero-order valence-electron chi connectivity index (χ0n) is 17.5. The lowest BCUT2D eigenvalue weighted by Crippen LogP contribution is -2.54. The number of amides is 2. The number of thiocarbonyl (C=S) groups is 1. The fraction of sp³-hybridized carbons (Fsp3) is 0.0833. The Labute approximate surface area is 199 Å². The number of hydrogen-bond donors (Lipinski definition) is 2. The molecule has 7 nitrogen and oxygen atoms in total. The van der Waals surface area contributed by atoms with Crippen LogP contribution in [0.3, 0.4) is 0 Å². The Morgan fingerprint density at radius 3 is 2.55 bits per heavy atom. The minimum absolute atomic E-state index is 0.0113. The van der Waals surface area contributed by atoms with Gasteiger partial charge in [-0.2, -0.15) is 0 Å². The molecule has 1 aliphatic heterocycles. The van der Waals surface area contributed by atoms with E-state index in [9.17, 15) is 19.5 Å². The highest BCUT2D eigenvalue weighted by Gasteiger charge is 2.35. The number of anilines is 1. The largest absolute Gasteiger partial charge is 0.478 e. The van der Waals surface area contributed by atoms with Gasteiger partial charge in [0.25, 0.3) is 11.8 Å². The molecule has 4 rings (SSSR count). The Morgan fingerprint density at radius 1 is 1.09 bits per heavy atom. The van der Waals surface area contributed by atoms with Gasteiger partial charge in [0, 0.05) is 5.56 Å². The maximum Gasteiger partial charge on any atom is 0.335 e. The highest BCUT2D eigenvalue weighted by molar-refractivity contribution is 7.80. The quantitative estimate of drug-likeness (QED) is 0.317. The second kappa shape index (κ2) is 8.65. The molecule has 1 fully saturated rings. The Bertz CT molecular complexity index is 1370. The Balaban J connectivity index is 1.70. The number of benzene rings is 2. The topological polar surface area (TPSA) is 99.8 Å². The third-order valence-corrected chi connectivity index (χ3v) is 5.86. The number of hydrogen-bond acceptors (Lipinski definition) is 5. The molecule has 2 N–H and O–H groups in total. The van der Waals surface area contributed by atoms with Crippen molar-refractivity contribution in [2.75, 3.05) is 4.90 Å². The monoisotopic (exact) mass is 480 g/mol. The van der Waals surface area contributed by atoms with E-state index in [-0.39, 0.29) is 22.0 Å². The van der Waals surface area contributed by atoms with Crippen molar-refractivity contribution >= 4 is 58.5 Å². The number of carbonyl (C=O) groups excluding carboxylic acids is 2. The molecule has 0 atom stereocenters. The number of aromatic carboxylic acids is 1. The summed E-state index contributed by atoms with van der Waals surface area (Å²) >= 11 is 11.4. The van der Waals surface area contributed by atoms with Crippen molar-refractivity contribution < 1.29 is 23.9 Å². The van der Waals surface area contributed by atoms with Crippen LogP contribution in [0.5, 0.6) is 0 Å². The number of halogens is 1. The highest BCUT2D eigenvalue weighted by Crippen LogP contribution is 2.32. The van der Waals surface area contributed by atoms with Crippen LogP contribution in [-0.2, 0) is 9.59 Å². The van der Waals surface area contributed by atoms with Crippen LogP contribution in [0, 0.1) is 13.8 Å². The standard InChI is InChI=1S/C24H17ClN2O5S/c1-12-3-5-15(9-13(12)2)27-22(29)18(21(28)26-24(27)33)11-16-6-8-20(32-16)17-10-14(23(30)31)4-7-19(17)25/h3-11H,1-2H3,(H,30,31)(H,26,28,33)/b18-11+. The minimum Gasteiger partial charge on any atom is -0.478 e. The van der Waals surface area contributed by atoms with Gasteiger partial charge in [0.1, 0.15) is 17.1 Å². The van der Waals surface area contributed by atoms with E-state index in [4.69, 9.17) is 28.2 Å².